The van der Waals surface area contributed by atoms with Gasteiger partial charge in [0.2, 0.25) is 0 Å². The number of aliphatic hydroxyl groups excluding tert-OH is 1. The molecule has 0 spiro atoms. The highest BCUT2D eigenvalue weighted by Gasteiger charge is 2.28. The summed E-state index contributed by atoms with van der Waals surface area (Å²) in [6, 6.07) is 0.277. The van der Waals surface area contributed by atoms with Crippen molar-refractivity contribution in [3.05, 3.63) is 16.1 Å². The number of β-amino-alcohol motifs (C(OH)–C–C–N with tert-alkyl or cyclic N) is 1. The van der Waals surface area contributed by atoms with Gasteiger partial charge in [0, 0.05) is 11.9 Å². The van der Waals surface area contributed by atoms with Gasteiger partial charge in [0.25, 0.3) is 0 Å². The van der Waals surface area contributed by atoms with Crippen molar-refractivity contribution in [2.24, 2.45) is 5.92 Å². The second-order valence-corrected chi connectivity index (χ2v) is 5.97. The van der Waals surface area contributed by atoms with Crippen LogP contribution in [0.15, 0.2) is 5.38 Å². The molecule has 2 rings (SSSR count). The van der Waals surface area contributed by atoms with Crippen LogP contribution in [0.4, 0.5) is 0 Å². The summed E-state index contributed by atoms with van der Waals surface area (Å²) in [5, 5.41) is 13.0. The van der Waals surface area contributed by atoms with Gasteiger partial charge in [0.15, 0.2) is 0 Å². The first-order valence-electron chi connectivity index (χ1n) is 6.04. The standard InChI is InChI=1S/C12H19ClN2OS/c1-8-3-4-15(6-11(8)16)9(2)12-14-10(5-13)7-17-12/h7-9,11,16H,3-6H2,1-2H3. The number of likely N-dealkylation sites (tertiary alicyclic amines) is 1. The zero-order valence-electron chi connectivity index (χ0n) is 10.3. The minimum atomic E-state index is -0.210. The molecule has 3 nitrogen and oxygen atoms in total. The topological polar surface area (TPSA) is 36.4 Å². The lowest BCUT2D eigenvalue weighted by atomic mass is 9.95. The summed E-state index contributed by atoms with van der Waals surface area (Å²) in [7, 11) is 0. The van der Waals surface area contributed by atoms with Crippen molar-refractivity contribution in [1.29, 1.82) is 0 Å². The second kappa shape index (κ2) is 5.65. The molecule has 3 unspecified atom stereocenters. The molecule has 0 aliphatic carbocycles. The summed E-state index contributed by atoms with van der Waals surface area (Å²) < 4.78 is 0. The molecule has 1 aromatic rings. The Balaban J connectivity index is 2.02. The van der Waals surface area contributed by atoms with Crippen molar-refractivity contribution in [1.82, 2.24) is 9.88 Å². The molecule has 1 N–H and O–H groups in total. The maximum Gasteiger partial charge on any atom is 0.110 e. The third-order valence-electron chi connectivity index (χ3n) is 3.56. The Hall–Kier alpha value is -0.160. The molecule has 1 aromatic heterocycles. The SMILES string of the molecule is CC1CCN(C(C)c2nc(CCl)cs2)CC1O. The van der Waals surface area contributed by atoms with Crippen LogP contribution in [0.1, 0.15) is 37.0 Å². The number of alkyl halides is 1. The van der Waals surface area contributed by atoms with Crippen molar-refractivity contribution < 1.29 is 5.11 Å². The molecule has 5 heteroatoms. The van der Waals surface area contributed by atoms with E-state index in [4.69, 9.17) is 11.6 Å². The fourth-order valence-corrected chi connectivity index (χ4v) is 3.29. The van der Waals surface area contributed by atoms with Gasteiger partial charge in [-0.15, -0.1) is 22.9 Å². The Kier molecular flexibility index (Phi) is 4.42. The first kappa shape index (κ1) is 13.3. The number of hydrogen-bond donors (Lipinski definition) is 1. The largest absolute Gasteiger partial charge is 0.392 e. The van der Waals surface area contributed by atoms with Crippen molar-refractivity contribution in [2.45, 2.75) is 38.3 Å². The third-order valence-corrected chi connectivity index (χ3v) is 4.90. The van der Waals surface area contributed by atoms with Gasteiger partial charge < -0.3 is 5.11 Å². The average Bonchev–Trinajstić information content (AvgIpc) is 2.80. The third kappa shape index (κ3) is 2.99. The van der Waals surface area contributed by atoms with Crippen molar-refractivity contribution in [3.63, 3.8) is 0 Å². The molecule has 96 valence electrons. The molecule has 1 aliphatic heterocycles. The number of nitrogens with zero attached hydrogens (tertiary/aromatic N) is 2. The van der Waals surface area contributed by atoms with Crippen LogP contribution < -0.4 is 0 Å². The van der Waals surface area contributed by atoms with E-state index in [0.29, 0.717) is 11.8 Å². The molecule has 0 saturated carbocycles. The summed E-state index contributed by atoms with van der Waals surface area (Å²) in [5.74, 6) is 0.885. The lowest BCUT2D eigenvalue weighted by Gasteiger charge is -2.37. The molecule has 1 saturated heterocycles. The first-order chi connectivity index (χ1) is 8.11. The van der Waals surface area contributed by atoms with Crippen LogP contribution >= 0.6 is 22.9 Å². The molecule has 2 heterocycles. The Labute approximate surface area is 111 Å². The smallest absolute Gasteiger partial charge is 0.110 e. The summed E-state index contributed by atoms with van der Waals surface area (Å²) in [6.45, 7) is 6.05. The van der Waals surface area contributed by atoms with Crippen LogP contribution in [0.3, 0.4) is 0 Å². The van der Waals surface area contributed by atoms with Gasteiger partial charge in [-0.25, -0.2) is 4.98 Å². The van der Waals surface area contributed by atoms with E-state index in [2.05, 4.69) is 23.7 Å². The van der Waals surface area contributed by atoms with E-state index in [9.17, 15) is 5.11 Å². The second-order valence-electron chi connectivity index (χ2n) is 4.81. The Morgan fingerprint density at radius 1 is 1.71 bits per heavy atom. The molecule has 0 aromatic carbocycles. The number of thiazole rings is 1. The fourth-order valence-electron chi connectivity index (χ4n) is 2.16. The fraction of sp³-hybridized carbons (Fsp3) is 0.750. The van der Waals surface area contributed by atoms with E-state index in [0.717, 1.165) is 30.2 Å². The maximum absolute atomic E-state index is 9.92. The maximum atomic E-state index is 9.92. The van der Waals surface area contributed by atoms with Crippen molar-refractivity contribution in [3.8, 4) is 0 Å². The highest BCUT2D eigenvalue weighted by atomic mass is 35.5. The zero-order chi connectivity index (χ0) is 12.4. The monoisotopic (exact) mass is 274 g/mol. The van der Waals surface area contributed by atoms with Gasteiger partial charge in [-0.2, -0.15) is 0 Å². The minimum absolute atomic E-state index is 0.210. The summed E-state index contributed by atoms with van der Waals surface area (Å²) >= 11 is 7.42. The lowest BCUT2D eigenvalue weighted by molar-refractivity contribution is 0.0128. The van der Waals surface area contributed by atoms with Gasteiger partial charge in [-0.1, -0.05) is 6.92 Å². The Morgan fingerprint density at radius 2 is 2.47 bits per heavy atom. The molecular weight excluding hydrogens is 256 g/mol. The molecule has 17 heavy (non-hydrogen) atoms. The van der Waals surface area contributed by atoms with Gasteiger partial charge in [0.05, 0.1) is 23.7 Å². The highest BCUT2D eigenvalue weighted by Crippen LogP contribution is 2.28. The molecule has 3 atom stereocenters. The van der Waals surface area contributed by atoms with Crippen molar-refractivity contribution in [2.75, 3.05) is 13.1 Å². The van der Waals surface area contributed by atoms with E-state index >= 15 is 0 Å². The lowest BCUT2D eigenvalue weighted by Crippen LogP contribution is -2.43. The molecule has 1 aliphatic rings. The van der Waals surface area contributed by atoms with Crippen LogP contribution in [0.2, 0.25) is 0 Å². The molecular formula is C12H19ClN2OS. The first-order valence-corrected chi connectivity index (χ1v) is 7.45. The predicted molar refractivity (Wildman–Crippen MR) is 71.4 cm³/mol. The number of aliphatic hydroxyl groups is 1. The van der Waals surface area contributed by atoms with Gasteiger partial charge in [0.1, 0.15) is 5.01 Å². The van der Waals surface area contributed by atoms with E-state index in [-0.39, 0.29) is 12.1 Å². The number of hydrogen-bond acceptors (Lipinski definition) is 4. The normalized spacial score (nSPS) is 28.2. The average molecular weight is 275 g/mol. The predicted octanol–water partition coefficient (Wildman–Crippen LogP) is 2.65. The Morgan fingerprint density at radius 3 is 3.06 bits per heavy atom. The zero-order valence-corrected chi connectivity index (χ0v) is 11.8. The van der Waals surface area contributed by atoms with Crippen LogP contribution in [0, 0.1) is 5.92 Å². The van der Waals surface area contributed by atoms with Gasteiger partial charge >= 0.3 is 0 Å². The summed E-state index contributed by atoms with van der Waals surface area (Å²) in [6.07, 6.45) is 0.845. The molecule has 0 amide bonds. The minimum Gasteiger partial charge on any atom is -0.392 e. The van der Waals surface area contributed by atoms with E-state index in [1.165, 1.54) is 0 Å². The number of halogens is 1. The summed E-state index contributed by atoms with van der Waals surface area (Å²) in [4.78, 5) is 6.82. The number of aromatic nitrogens is 1. The molecule has 0 bridgehead atoms. The quantitative estimate of drug-likeness (QED) is 0.861. The van der Waals surface area contributed by atoms with E-state index < -0.39 is 0 Å². The van der Waals surface area contributed by atoms with Crippen LogP contribution in [0.5, 0.6) is 0 Å². The van der Waals surface area contributed by atoms with Crippen LogP contribution in [0.25, 0.3) is 0 Å². The van der Waals surface area contributed by atoms with Crippen LogP contribution in [-0.4, -0.2) is 34.2 Å². The Bertz CT molecular complexity index is 371. The van der Waals surface area contributed by atoms with Gasteiger partial charge in [-0.3, -0.25) is 4.90 Å². The number of piperidine rings is 1. The molecule has 0 radical (unpaired) electrons. The summed E-state index contributed by atoms with van der Waals surface area (Å²) in [5.41, 5.74) is 0.949. The molecule has 1 fully saturated rings. The van der Waals surface area contributed by atoms with Crippen molar-refractivity contribution >= 4 is 22.9 Å². The number of rotatable bonds is 3. The van der Waals surface area contributed by atoms with Gasteiger partial charge in [-0.05, 0) is 25.8 Å². The van der Waals surface area contributed by atoms with Crippen LogP contribution in [-0.2, 0) is 5.88 Å². The van der Waals surface area contributed by atoms with E-state index in [1.54, 1.807) is 11.3 Å². The van der Waals surface area contributed by atoms with E-state index in [1.807, 2.05) is 5.38 Å². The highest BCUT2D eigenvalue weighted by molar-refractivity contribution is 7.09.